The molecule has 0 aliphatic heterocycles. The molecule has 49 valence electrons. The van der Waals surface area contributed by atoms with E-state index in [2.05, 4.69) is 0 Å². The Kier molecular flexibility index (Phi) is 28.7. The van der Waals surface area contributed by atoms with Crippen molar-refractivity contribution in [3.05, 3.63) is 0 Å². The summed E-state index contributed by atoms with van der Waals surface area (Å²) in [4.78, 5) is 0. The molecule has 0 heterocycles. The summed E-state index contributed by atoms with van der Waals surface area (Å²) in [6, 6.07) is 0. The van der Waals surface area contributed by atoms with Crippen molar-refractivity contribution in [3.63, 3.8) is 0 Å². The first-order valence-corrected chi connectivity index (χ1v) is 2.17. The van der Waals surface area contributed by atoms with E-state index < -0.39 is 33.4 Å². The molecular formula is HF3HoLiLu. The third kappa shape index (κ3) is 28.7. The molecule has 0 amide bonds. The summed E-state index contributed by atoms with van der Waals surface area (Å²) >= 11 is -4.44. The van der Waals surface area contributed by atoms with Crippen molar-refractivity contribution in [2.45, 2.75) is 0 Å². The van der Waals surface area contributed by atoms with Crippen LogP contribution in [-0.2, 0) is 0 Å². The van der Waals surface area contributed by atoms with Gasteiger partial charge in [-0.15, -0.1) is 0 Å². The Hall–Kier alpha value is 2.88. The summed E-state index contributed by atoms with van der Waals surface area (Å²) in [6.45, 7) is 0. The van der Waals surface area contributed by atoms with E-state index in [1.165, 1.54) is 0 Å². The second-order valence-corrected chi connectivity index (χ2v) is 0.821. The van der Waals surface area contributed by atoms with Crippen LogP contribution in [-0.4, -0.2) is 18.9 Å². The Balaban J connectivity index is -0.0000000450. The maximum absolute atomic E-state index is 9.78. The molecule has 0 spiro atoms. The fourth-order valence-corrected chi connectivity index (χ4v) is 0. The summed E-state index contributed by atoms with van der Waals surface area (Å²) in [5.41, 5.74) is 0. The molecule has 6 heteroatoms. The Bertz CT molecular complexity index is 15.5. The van der Waals surface area contributed by atoms with Crippen LogP contribution in [0.15, 0.2) is 0 Å². The molecule has 0 N–H and O–H groups in total. The second kappa shape index (κ2) is 10.8. The van der Waals surface area contributed by atoms with Crippen molar-refractivity contribution in [2.75, 3.05) is 0 Å². The fraction of sp³-hybridized carbons (Fsp3) is 0. The van der Waals surface area contributed by atoms with Crippen LogP contribution in [0, 0.1) is 71.2 Å². The van der Waals surface area contributed by atoms with E-state index in [1.807, 2.05) is 0 Å². The molecule has 1 radical (unpaired) electrons. The standard InChI is InChI=1S/3FH.Ho.Li.Lu.H/h3*1H;;;;/q;;;;;+3;/p-3. The molecule has 0 rings (SSSR count). The molecule has 0 atom stereocenters. The van der Waals surface area contributed by atoms with Crippen molar-refractivity contribution in [1.82, 2.24) is 0 Å². The van der Waals surface area contributed by atoms with Crippen molar-refractivity contribution >= 4 is 18.9 Å². The number of hydrogen-bond acceptors (Lipinski definition) is 0. The van der Waals surface area contributed by atoms with Gasteiger partial charge < -0.3 is 0 Å². The third-order valence-corrected chi connectivity index (χ3v) is 0. The van der Waals surface area contributed by atoms with Gasteiger partial charge in [0.25, 0.3) is 0 Å². The van der Waals surface area contributed by atoms with Gasteiger partial charge in [-0.25, -0.2) is 0 Å². The molecule has 0 aromatic rings. The molecule has 0 saturated heterocycles. The van der Waals surface area contributed by atoms with Crippen molar-refractivity contribution in [1.29, 1.82) is 0 Å². The van der Waals surface area contributed by atoms with Gasteiger partial charge in [-0.3, -0.25) is 0 Å². The van der Waals surface area contributed by atoms with Crippen LogP contribution in [0.3, 0.4) is 0 Å². The topological polar surface area (TPSA) is 0 Å². The van der Waals surface area contributed by atoms with E-state index in [0.29, 0.717) is 0 Å². The van der Waals surface area contributed by atoms with E-state index >= 15 is 0 Å². The van der Waals surface area contributed by atoms with Gasteiger partial charge in [0, 0.05) is 37.7 Å². The van der Waals surface area contributed by atoms with Crippen molar-refractivity contribution < 1.29 is 75.5 Å². The molecule has 6 heavy (non-hydrogen) atoms. The van der Waals surface area contributed by atoms with Crippen molar-refractivity contribution in [3.8, 4) is 0 Å². The summed E-state index contributed by atoms with van der Waals surface area (Å²) in [7, 11) is 0. The van der Waals surface area contributed by atoms with Gasteiger partial charge in [-0.2, -0.15) is 0 Å². The van der Waals surface area contributed by atoms with Gasteiger partial charge in [-0.1, -0.05) is 0 Å². The SMILES string of the molecule is [F][Lu]([F])[F].[Ho].[LiH]. The molecular weight excluding hydrogens is 404 g/mol. The number of halogens is 3. The number of hydrogen-bond donors (Lipinski definition) is 0. The molecule has 0 fully saturated rings. The zero-order valence-electron chi connectivity index (χ0n) is 1.69. The summed E-state index contributed by atoms with van der Waals surface area (Å²) in [5.74, 6) is 0. The first-order valence-electron chi connectivity index (χ1n) is 0.293. The zero-order chi connectivity index (χ0) is 3.58. The molecule has 0 aromatic carbocycles. The predicted octanol–water partition coefficient (Wildman–Crippen LogP) is 0.612. The minimum absolute atomic E-state index is 0. The first-order chi connectivity index (χ1) is 1.73. The van der Waals surface area contributed by atoms with Gasteiger partial charge in [-0.05, 0) is 0 Å². The van der Waals surface area contributed by atoms with Gasteiger partial charge in [0.05, 0.1) is 0 Å². The predicted molar refractivity (Wildman–Crippen MR) is 10.5 cm³/mol. The van der Waals surface area contributed by atoms with Gasteiger partial charge in [0.1, 0.15) is 0 Å². The molecule has 0 saturated carbocycles. The average Bonchev–Trinajstić information content (AvgIpc) is 0.811. The monoisotopic (exact) mass is 405 g/mol. The van der Waals surface area contributed by atoms with Crippen LogP contribution in [0.1, 0.15) is 0 Å². The maximum atomic E-state index is 9.78. The second-order valence-electron chi connectivity index (χ2n) is 0.111. The normalized spacial score (nSPS) is 7.50. The van der Waals surface area contributed by atoms with Gasteiger partial charge in [0.15, 0.2) is 0 Å². The van der Waals surface area contributed by atoms with E-state index in [4.69, 9.17) is 0 Å². The summed E-state index contributed by atoms with van der Waals surface area (Å²) in [6.07, 6.45) is 0. The Morgan fingerprint density at radius 3 is 1.00 bits per heavy atom. The van der Waals surface area contributed by atoms with Crippen LogP contribution >= 0.6 is 0 Å². The quantitative estimate of drug-likeness (QED) is 0.519. The number of rotatable bonds is 0. The molecule has 0 unspecified atom stereocenters. The van der Waals surface area contributed by atoms with Gasteiger partial charge in [0.2, 0.25) is 0 Å². The van der Waals surface area contributed by atoms with Gasteiger partial charge >= 0.3 is 56.7 Å². The Labute approximate surface area is 92.1 Å². The van der Waals surface area contributed by atoms with Crippen LogP contribution < -0.4 is 0 Å². The fourth-order valence-electron chi connectivity index (χ4n) is 0. The minimum atomic E-state index is -4.44. The van der Waals surface area contributed by atoms with E-state index in [1.54, 1.807) is 0 Å². The van der Waals surface area contributed by atoms with Crippen molar-refractivity contribution in [2.24, 2.45) is 0 Å². The molecule has 0 bridgehead atoms. The molecule has 0 aliphatic carbocycles. The van der Waals surface area contributed by atoms with Crippen LogP contribution in [0.25, 0.3) is 0 Å². The molecule has 0 aliphatic rings. The van der Waals surface area contributed by atoms with E-state index in [9.17, 15) is 4.39 Å². The first kappa shape index (κ1) is 15.9. The zero-order valence-corrected chi connectivity index (χ0v) is 5.28. The molecule has 0 aromatic heterocycles. The molecule has 0 nitrogen and oxygen atoms in total. The third-order valence-electron chi connectivity index (χ3n) is 0. The van der Waals surface area contributed by atoms with Crippen LogP contribution in [0.2, 0.25) is 0 Å². The Morgan fingerprint density at radius 2 is 1.00 bits per heavy atom. The van der Waals surface area contributed by atoms with Crippen LogP contribution in [0.5, 0.6) is 0 Å². The summed E-state index contributed by atoms with van der Waals surface area (Å²) < 4.78 is 29.3. The Morgan fingerprint density at radius 1 is 1.00 bits per heavy atom. The summed E-state index contributed by atoms with van der Waals surface area (Å²) in [5, 5.41) is 0. The van der Waals surface area contributed by atoms with Crippen LogP contribution in [0.4, 0.5) is 4.39 Å². The average molecular weight is 405 g/mol. The van der Waals surface area contributed by atoms with E-state index in [-0.39, 0.29) is 56.6 Å². The van der Waals surface area contributed by atoms with E-state index in [0.717, 1.165) is 0 Å².